The van der Waals surface area contributed by atoms with E-state index in [1.165, 1.54) is 12.1 Å². The number of methoxy groups -OCH3 is 1. The minimum Gasteiger partial charge on any atom is -0.497 e. The SMILES string of the molecule is CN/C(C)=C(\C(=O)Nc1ccccc1)C(=O)Nc1ccc(Oc2ccnc3[nH]c(-c4ccc(OC)cc4)cc23)c(F)c1. The zero-order chi connectivity index (χ0) is 29.6. The Morgan fingerprint density at radius 1 is 0.857 bits per heavy atom. The summed E-state index contributed by atoms with van der Waals surface area (Å²) in [6.45, 7) is 1.60. The summed E-state index contributed by atoms with van der Waals surface area (Å²) in [6, 6.07) is 23.9. The molecular formula is C32H28FN5O4. The van der Waals surface area contributed by atoms with Crippen LogP contribution in [0.3, 0.4) is 0 Å². The second-order valence-electron chi connectivity index (χ2n) is 9.25. The lowest BCUT2D eigenvalue weighted by atomic mass is 10.1. The highest BCUT2D eigenvalue weighted by Gasteiger charge is 2.22. The van der Waals surface area contributed by atoms with E-state index in [1.54, 1.807) is 57.6 Å². The Morgan fingerprint density at radius 3 is 2.24 bits per heavy atom. The number of H-pyrrole nitrogens is 1. The Morgan fingerprint density at radius 2 is 1.57 bits per heavy atom. The fourth-order valence-electron chi connectivity index (χ4n) is 4.27. The average molecular weight is 566 g/mol. The monoisotopic (exact) mass is 565 g/mol. The van der Waals surface area contributed by atoms with Gasteiger partial charge in [-0.25, -0.2) is 9.37 Å². The van der Waals surface area contributed by atoms with E-state index in [1.807, 2.05) is 36.4 Å². The van der Waals surface area contributed by atoms with Crippen LogP contribution in [0.1, 0.15) is 6.92 Å². The number of fused-ring (bicyclic) bond motifs is 1. The number of amides is 2. The van der Waals surface area contributed by atoms with E-state index in [2.05, 4.69) is 25.9 Å². The van der Waals surface area contributed by atoms with Crippen LogP contribution in [0.5, 0.6) is 17.2 Å². The molecule has 0 atom stereocenters. The van der Waals surface area contributed by atoms with Crippen molar-refractivity contribution in [3.8, 4) is 28.5 Å². The van der Waals surface area contributed by atoms with Gasteiger partial charge in [-0.1, -0.05) is 18.2 Å². The summed E-state index contributed by atoms with van der Waals surface area (Å²) in [5, 5.41) is 8.79. The number of anilines is 2. The molecule has 0 fully saturated rings. The molecule has 0 aliphatic heterocycles. The molecule has 4 N–H and O–H groups in total. The molecular weight excluding hydrogens is 537 g/mol. The maximum absolute atomic E-state index is 15.2. The van der Waals surface area contributed by atoms with Gasteiger partial charge in [-0.3, -0.25) is 9.59 Å². The van der Waals surface area contributed by atoms with Crippen LogP contribution in [0.25, 0.3) is 22.3 Å². The Balaban J connectivity index is 1.34. The molecule has 0 radical (unpaired) electrons. The normalized spacial score (nSPS) is 11.4. The Bertz CT molecular complexity index is 1780. The number of ether oxygens (including phenoxy) is 2. The molecule has 2 aromatic heterocycles. The van der Waals surface area contributed by atoms with E-state index in [4.69, 9.17) is 9.47 Å². The second kappa shape index (κ2) is 12.3. The fourth-order valence-corrected chi connectivity index (χ4v) is 4.27. The van der Waals surface area contributed by atoms with Gasteiger partial charge in [-0.15, -0.1) is 0 Å². The van der Waals surface area contributed by atoms with E-state index in [9.17, 15) is 9.59 Å². The van der Waals surface area contributed by atoms with Gasteiger partial charge in [-0.05, 0) is 73.2 Å². The molecule has 212 valence electrons. The van der Waals surface area contributed by atoms with Crippen molar-refractivity contribution in [2.75, 3.05) is 24.8 Å². The number of rotatable bonds is 9. The predicted molar refractivity (Wildman–Crippen MR) is 160 cm³/mol. The Labute approximate surface area is 241 Å². The molecule has 9 nitrogen and oxygen atoms in total. The average Bonchev–Trinajstić information content (AvgIpc) is 3.44. The number of pyridine rings is 1. The van der Waals surface area contributed by atoms with E-state index in [-0.39, 0.29) is 17.0 Å². The number of nitrogens with one attached hydrogen (secondary N) is 4. The number of benzene rings is 3. The zero-order valence-electron chi connectivity index (χ0n) is 23.1. The van der Waals surface area contributed by atoms with Crippen LogP contribution < -0.4 is 25.4 Å². The highest BCUT2D eigenvalue weighted by molar-refractivity contribution is 6.26. The minimum absolute atomic E-state index is 0.0447. The van der Waals surface area contributed by atoms with Crippen molar-refractivity contribution >= 4 is 34.2 Å². The second-order valence-corrected chi connectivity index (χ2v) is 9.25. The first-order chi connectivity index (χ1) is 20.4. The number of carbonyl (C=O) groups excluding carboxylic acids is 2. The van der Waals surface area contributed by atoms with Crippen LogP contribution in [0, 0.1) is 5.82 Å². The van der Waals surface area contributed by atoms with E-state index < -0.39 is 17.6 Å². The molecule has 42 heavy (non-hydrogen) atoms. The van der Waals surface area contributed by atoms with Crippen LogP contribution in [0.2, 0.25) is 0 Å². The molecule has 0 saturated carbocycles. The van der Waals surface area contributed by atoms with Gasteiger partial charge >= 0.3 is 0 Å². The summed E-state index contributed by atoms with van der Waals surface area (Å²) < 4.78 is 26.3. The van der Waals surface area contributed by atoms with Crippen molar-refractivity contribution in [3.63, 3.8) is 0 Å². The van der Waals surface area contributed by atoms with E-state index in [0.717, 1.165) is 23.1 Å². The van der Waals surface area contributed by atoms with Crippen molar-refractivity contribution in [2.45, 2.75) is 6.92 Å². The summed E-state index contributed by atoms with van der Waals surface area (Å²) in [6.07, 6.45) is 1.57. The molecule has 0 spiro atoms. The third-order valence-electron chi connectivity index (χ3n) is 6.54. The fraction of sp³-hybridized carbons (Fsp3) is 0.0938. The summed E-state index contributed by atoms with van der Waals surface area (Å²) in [7, 11) is 3.21. The lowest BCUT2D eigenvalue weighted by Crippen LogP contribution is -2.29. The van der Waals surface area contributed by atoms with Gasteiger partial charge in [0, 0.05) is 42.1 Å². The quantitative estimate of drug-likeness (QED) is 0.0955. The first-order valence-electron chi connectivity index (χ1n) is 13.0. The molecule has 0 aliphatic carbocycles. The van der Waals surface area contributed by atoms with Crippen LogP contribution in [0.15, 0.2) is 102 Å². The van der Waals surface area contributed by atoms with Crippen LogP contribution in [-0.4, -0.2) is 35.9 Å². The topological polar surface area (TPSA) is 117 Å². The van der Waals surface area contributed by atoms with Gasteiger partial charge in [0.2, 0.25) is 0 Å². The number of nitrogens with zero attached hydrogens (tertiary/aromatic N) is 1. The molecule has 0 bridgehead atoms. The van der Waals surface area contributed by atoms with Crippen LogP contribution >= 0.6 is 0 Å². The molecule has 10 heteroatoms. The molecule has 2 amide bonds. The van der Waals surface area contributed by atoms with Crippen molar-refractivity contribution in [3.05, 3.63) is 108 Å². The van der Waals surface area contributed by atoms with Crippen molar-refractivity contribution < 1.29 is 23.5 Å². The molecule has 3 aromatic carbocycles. The van der Waals surface area contributed by atoms with Crippen LogP contribution in [0.4, 0.5) is 15.8 Å². The van der Waals surface area contributed by atoms with Crippen LogP contribution in [-0.2, 0) is 9.59 Å². The lowest BCUT2D eigenvalue weighted by molar-refractivity contribution is -0.118. The number of hydrogen-bond donors (Lipinski definition) is 4. The maximum atomic E-state index is 15.2. The predicted octanol–water partition coefficient (Wildman–Crippen LogP) is 6.24. The summed E-state index contributed by atoms with van der Waals surface area (Å²) in [4.78, 5) is 33.6. The van der Waals surface area contributed by atoms with E-state index in [0.29, 0.717) is 28.2 Å². The van der Waals surface area contributed by atoms with Gasteiger partial charge in [-0.2, -0.15) is 0 Å². The van der Waals surface area contributed by atoms with E-state index >= 15 is 4.39 Å². The highest BCUT2D eigenvalue weighted by atomic mass is 19.1. The number of hydrogen-bond acceptors (Lipinski definition) is 6. The maximum Gasteiger partial charge on any atom is 0.263 e. The number of aromatic nitrogens is 2. The minimum atomic E-state index is -0.701. The molecule has 0 saturated heterocycles. The molecule has 0 aliphatic rings. The van der Waals surface area contributed by atoms with Crippen molar-refractivity contribution in [2.24, 2.45) is 0 Å². The first-order valence-corrected chi connectivity index (χ1v) is 13.0. The van der Waals surface area contributed by atoms with Gasteiger partial charge in [0.15, 0.2) is 11.6 Å². The van der Waals surface area contributed by atoms with Gasteiger partial charge in [0.05, 0.1) is 12.5 Å². The number of halogens is 1. The van der Waals surface area contributed by atoms with Gasteiger partial charge in [0.1, 0.15) is 22.7 Å². The molecule has 5 aromatic rings. The summed E-state index contributed by atoms with van der Waals surface area (Å²) in [5.74, 6) is -0.901. The molecule has 0 unspecified atom stereocenters. The van der Waals surface area contributed by atoms with Crippen molar-refractivity contribution in [1.29, 1.82) is 0 Å². The Hall–Kier alpha value is -5.64. The largest absolute Gasteiger partial charge is 0.497 e. The number of carbonyl (C=O) groups is 2. The Kier molecular flexibility index (Phi) is 8.14. The standard InChI is InChI=1S/C32H28FN5O4/c1-19(34-2)29(31(39)36-21-7-5-4-6-8-21)32(40)37-22-11-14-28(25(33)17-22)42-27-15-16-35-30-24(27)18-26(38-30)20-9-12-23(41-3)13-10-20/h4-18,34H,1-3H3,(H,35,38)(H,36,39)(H,37,40)/b29-19+. The number of allylic oxidation sites excluding steroid dienone is 1. The first kappa shape index (κ1) is 27.9. The van der Waals surface area contributed by atoms with Crippen molar-refractivity contribution in [1.82, 2.24) is 15.3 Å². The zero-order valence-corrected chi connectivity index (χ0v) is 23.1. The highest BCUT2D eigenvalue weighted by Crippen LogP contribution is 2.34. The molecule has 2 heterocycles. The van der Waals surface area contributed by atoms with Gasteiger partial charge in [0.25, 0.3) is 11.8 Å². The summed E-state index contributed by atoms with van der Waals surface area (Å²) >= 11 is 0. The van der Waals surface area contributed by atoms with Gasteiger partial charge < -0.3 is 30.4 Å². The molecule has 5 rings (SSSR count). The number of para-hydroxylation sites is 1. The third-order valence-corrected chi connectivity index (χ3v) is 6.54. The smallest absolute Gasteiger partial charge is 0.263 e. The lowest BCUT2D eigenvalue weighted by Gasteiger charge is -2.14. The number of aromatic amines is 1. The third kappa shape index (κ3) is 6.07. The summed E-state index contributed by atoms with van der Waals surface area (Å²) in [5.41, 5.74) is 3.22.